The summed E-state index contributed by atoms with van der Waals surface area (Å²) >= 11 is 3.41. The molecular weight excluding hydrogens is 410 g/mol. The number of hydrogen-bond acceptors (Lipinski definition) is 4. The number of carbonyl (C=O) groups excluding carboxylic acids is 1. The van der Waals surface area contributed by atoms with Crippen molar-refractivity contribution in [1.29, 1.82) is 0 Å². The van der Waals surface area contributed by atoms with Crippen LogP contribution in [-0.4, -0.2) is 18.9 Å². The van der Waals surface area contributed by atoms with Crippen molar-refractivity contribution in [3.8, 4) is 17.1 Å². The highest BCUT2D eigenvalue weighted by Crippen LogP contribution is 2.27. The summed E-state index contributed by atoms with van der Waals surface area (Å²) < 4.78 is 17.6. The molecule has 0 saturated heterocycles. The summed E-state index contributed by atoms with van der Waals surface area (Å²) in [4.78, 5) is 16.1. The maximum Gasteiger partial charge on any atom is 0.316 e. The molecule has 1 aliphatic heterocycles. The highest BCUT2D eigenvalue weighted by atomic mass is 79.9. The van der Waals surface area contributed by atoms with Gasteiger partial charge in [0.05, 0.1) is 7.11 Å². The van der Waals surface area contributed by atoms with Crippen LogP contribution in [0.25, 0.3) is 17.4 Å². The van der Waals surface area contributed by atoms with Gasteiger partial charge < -0.3 is 13.9 Å². The molecule has 2 heterocycles. The van der Waals surface area contributed by atoms with Crippen LogP contribution in [0.1, 0.15) is 11.3 Å². The summed E-state index contributed by atoms with van der Waals surface area (Å²) in [5.41, 5.74) is 1.61. The van der Waals surface area contributed by atoms with E-state index in [2.05, 4.69) is 20.9 Å². The minimum Gasteiger partial charge on any atom is -0.497 e. The lowest BCUT2D eigenvalue weighted by molar-refractivity contribution is -0.115. The van der Waals surface area contributed by atoms with Crippen molar-refractivity contribution >= 4 is 33.8 Å². The lowest BCUT2D eigenvalue weighted by atomic mass is 10.2. The quantitative estimate of drug-likeness (QED) is 0.550. The van der Waals surface area contributed by atoms with Gasteiger partial charge in [0, 0.05) is 21.7 Å². The van der Waals surface area contributed by atoms with Gasteiger partial charge in [0.15, 0.2) is 5.76 Å². The van der Waals surface area contributed by atoms with Crippen LogP contribution in [0.4, 0.5) is 0 Å². The summed E-state index contributed by atoms with van der Waals surface area (Å²) in [5, 5.41) is 0. The van der Waals surface area contributed by atoms with E-state index in [9.17, 15) is 4.79 Å². The first-order chi connectivity index (χ1) is 13.1. The van der Waals surface area contributed by atoms with Crippen LogP contribution in [0.3, 0.4) is 0 Å². The van der Waals surface area contributed by atoms with E-state index in [1.807, 2.05) is 42.5 Å². The van der Waals surface area contributed by atoms with Gasteiger partial charge >= 0.3 is 5.91 Å². The van der Waals surface area contributed by atoms with Gasteiger partial charge in [-0.2, -0.15) is 4.99 Å². The number of aliphatic imine (C=N–C) groups is 1. The van der Waals surface area contributed by atoms with E-state index in [0.29, 0.717) is 22.8 Å². The summed E-state index contributed by atoms with van der Waals surface area (Å²) in [7, 11) is 1.58. The van der Waals surface area contributed by atoms with Gasteiger partial charge in [-0.25, -0.2) is 0 Å². The van der Waals surface area contributed by atoms with E-state index in [-0.39, 0.29) is 11.7 Å². The number of ether oxygens (including phenoxy) is 2. The van der Waals surface area contributed by atoms with Gasteiger partial charge in [-0.15, -0.1) is 0 Å². The van der Waals surface area contributed by atoms with Gasteiger partial charge in [0.1, 0.15) is 17.3 Å². The Morgan fingerprint density at radius 3 is 2.63 bits per heavy atom. The number of hydrogen-bond donors (Lipinski definition) is 0. The fourth-order valence-corrected chi connectivity index (χ4v) is 2.88. The van der Waals surface area contributed by atoms with Crippen molar-refractivity contribution in [3.63, 3.8) is 0 Å². The molecule has 4 rings (SSSR count). The first-order valence-electron chi connectivity index (χ1n) is 8.15. The molecular formula is C21H14BrNO4. The van der Waals surface area contributed by atoms with Gasteiger partial charge in [0.2, 0.25) is 5.90 Å². The monoisotopic (exact) mass is 423 g/mol. The maximum atomic E-state index is 12.2. The van der Waals surface area contributed by atoms with E-state index in [1.165, 1.54) is 0 Å². The second kappa shape index (κ2) is 7.25. The van der Waals surface area contributed by atoms with Crippen molar-refractivity contribution in [2.45, 2.75) is 0 Å². The summed E-state index contributed by atoms with van der Waals surface area (Å²) in [6.45, 7) is 0. The normalized spacial score (nSPS) is 15.0. The Hall–Kier alpha value is -3.12. The second-order valence-electron chi connectivity index (χ2n) is 5.77. The molecule has 2 aromatic carbocycles. The lowest BCUT2D eigenvalue weighted by Crippen LogP contribution is -2.00. The van der Waals surface area contributed by atoms with Crippen molar-refractivity contribution < 1.29 is 18.7 Å². The third kappa shape index (κ3) is 3.71. The number of amides is 1. The highest BCUT2D eigenvalue weighted by molar-refractivity contribution is 9.10. The number of rotatable bonds is 4. The Balaban J connectivity index is 1.55. The van der Waals surface area contributed by atoms with Crippen LogP contribution in [0.15, 0.2) is 80.3 Å². The molecule has 3 aromatic rings. The van der Waals surface area contributed by atoms with Gasteiger partial charge in [0.25, 0.3) is 0 Å². The number of nitrogens with zero attached hydrogens (tertiary/aromatic N) is 1. The van der Waals surface area contributed by atoms with E-state index >= 15 is 0 Å². The molecule has 134 valence electrons. The number of halogens is 1. The Kier molecular flexibility index (Phi) is 4.64. The zero-order valence-corrected chi connectivity index (χ0v) is 15.9. The van der Waals surface area contributed by atoms with Gasteiger partial charge in [-0.05, 0) is 42.5 Å². The van der Waals surface area contributed by atoms with Gasteiger partial charge in [-0.1, -0.05) is 34.1 Å². The average Bonchev–Trinajstić information content (AvgIpc) is 3.30. The molecule has 0 aliphatic carbocycles. The second-order valence-corrected chi connectivity index (χ2v) is 6.69. The Morgan fingerprint density at radius 2 is 1.85 bits per heavy atom. The lowest BCUT2D eigenvalue weighted by Gasteiger charge is -2.04. The van der Waals surface area contributed by atoms with Crippen LogP contribution in [0.5, 0.6) is 5.75 Å². The third-order valence-electron chi connectivity index (χ3n) is 3.97. The highest BCUT2D eigenvalue weighted by Gasteiger charge is 2.24. The number of methoxy groups -OCH3 is 1. The fourth-order valence-electron chi connectivity index (χ4n) is 2.62. The first-order valence-corrected chi connectivity index (χ1v) is 8.94. The van der Waals surface area contributed by atoms with Crippen molar-refractivity contribution in [2.24, 2.45) is 4.99 Å². The number of carbonyl (C=O) groups is 1. The number of benzene rings is 2. The zero-order chi connectivity index (χ0) is 18.8. The largest absolute Gasteiger partial charge is 0.497 e. The molecule has 1 aromatic heterocycles. The summed E-state index contributed by atoms with van der Waals surface area (Å²) in [6.07, 6.45) is 1.54. The molecule has 1 aliphatic rings. The first kappa shape index (κ1) is 17.3. The molecule has 5 nitrogen and oxygen atoms in total. The molecule has 0 N–H and O–H groups in total. The van der Waals surface area contributed by atoms with Crippen LogP contribution in [0.2, 0.25) is 0 Å². The minimum absolute atomic E-state index is 0.115. The van der Waals surface area contributed by atoms with Gasteiger partial charge in [-0.3, -0.25) is 4.79 Å². The van der Waals surface area contributed by atoms with Crippen molar-refractivity contribution in [1.82, 2.24) is 0 Å². The van der Waals surface area contributed by atoms with Crippen LogP contribution in [-0.2, 0) is 9.53 Å². The number of furan rings is 1. The molecule has 27 heavy (non-hydrogen) atoms. The molecule has 0 atom stereocenters. The molecule has 0 bridgehead atoms. The Labute approximate surface area is 164 Å². The molecule has 1 amide bonds. The summed E-state index contributed by atoms with van der Waals surface area (Å²) in [6, 6.07) is 18.6. The van der Waals surface area contributed by atoms with E-state index in [4.69, 9.17) is 13.9 Å². The predicted molar refractivity (Wildman–Crippen MR) is 105 cm³/mol. The maximum absolute atomic E-state index is 12.2. The summed E-state index contributed by atoms with van der Waals surface area (Å²) in [5.74, 6) is 1.78. The molecule has 0 fully saturated rings. The average molecular weight is 424 g/mol. The van der Waals surface area contributed by atoms with Crippen LogP contribution in [0, 0.1) is 0 Å². The predicted octanol–water partition coefficient (Wildman–Crippen LogP) is 5.06. The standard InChI is InChI=1S/C21H14BrNO4/c1-25-16-4-2-3-14(11-16)21-23-20(24)19(27-21)12-17-9-10-18(26-17)13-5-7-15(22)8-6-13/h2-12H,1H3/b19-12-. The molecule has 0 spiro atoms. The topological polar surface area (TPSA) is 61.0 Å². The van der Waals surface area contributed by atoms with Crippen LogP contribution < -0.4 is 4.74 Å². The third-order valence-corrected chi connectivity index (χ3v) is 4.49. The fraction of sp³-hybridized carbons (Fsp3) is 0.0476. The molecule has 6 heteroatoms. The molecule has 0 unspecified atom stereocenters. The minimum atomic E-state index is -0.450. The molecule has 0 saturated carbocycles. The SMILES string of the molecule is COc1cccc(C2=NC(=O)/C(=C/c3ccc(-c4ccc(Br)cc4)o3)O2)c1. The zero-order valence-electron chi connectivity index (χ0n) is 14.3. The van der Waals surface area contributed by atoms with E-state index < -0.39 is 5.91 Å². The van der Waals surface area contributed by atoms with E-state index in [0.717, 1.165) is 10.0 Å². The Bertz CT molecular complexity index is 1060. The Morgan fingerprint density at radius 1 is 1.04 bits per heavy atom. The molecule has 0 radical (unpaired) electrons. The van der Waals surface area contributed by atoms with Crippen molar-refractivity contribution in [3.05, 3.63) is 82.2 Å². The van der Waals surface area contributed by atoms with E-state index in [1.54, 1.807) is 31.4 Å². The van der Waals surface area contributed by atoms with Crippen LogP contribution >= 0.6 is 15.9 Å². The smallest absolute Gasteiger partial charge is 0.316 e. The van der Waals surface area contributed by atoms with Crippen molar-refractivity contribution in [2.75, 3.05) is 7.11 Å².